The molecule has 2 N–H and O–H groups in total. The van der Waals surface area contributed by atoms with Crippen molar-refractivity contribution in [3.8, 4) is 0 Å². The number of hydrogen-bond donors (Lipinski definition) is 2. The molecule has 0 unspecified atom stereocenters. The molecule has 0 saturated carbocycles. The molecule has 21 heavy (non-hydrogen) atoms. The summed E-state index contributed by atoms with van der Waals surface area (Å²) in [6, 6.07) is 13.6. The lowest BCUT2D eigenvalue weighted by atomic mass is 10.1. The van der Waals surface area contributed by atoms with Gasteiger partial charge >= 0.3 is 5.97 Å². The average molecular weight is 286 g/mol. The summed E-state index contributed by atoms with van der Waals surface area (Å²) in [5.41, 5.74) is 0.784. The molecule has 2 aromatic rings. The van der Waals surface area contributed by atoms with E-state index in [0.717, 1.165) is 5.56 Å². The zero-order valence-corrected chi connectivity index (χ0v) is 11.2. The molecule has 2 aromatic carbocycles. The van der Waals surface area contributed by atoms with Gasteiger partial charge in [-0.1, -0.05) is 36.4 Å². The Kier molecular flexibility index (Phi) is 4.50. The molecule has 0 aliphatic heterocycles. The van der Waals surface area contributed by atoms with E-state index in [-0.39, 0.29) is 16.9 Å². The number of anilines is 1. The molecule has 0 bridgehead atoms. The third kappa shape index (κ3) is 3.56. The molecule has 0 saturated heterocycles. The van der Waals surface area contributed by atoms with Gasteiger partial charge in [0.2, 0.25) is 0 Å². The van der Waals surface area contributed by atoms with E-state index in [9.17, 15) is 14.9 Å². The number of rotatable bonds is 6. The van der Waals surface area contributed by atoms with E-state index in [0.29, 0.717) is 13.0 Å². The second kappa shape index (κ2) is 6.51. The minimum Gasteiger partial charge on any atom is -0.478 e. The fraction of sp³-hybridized carbons (Fsp3) is 0.133. The number of hydrogen-bond acceptors (Lipinski definition) is 4. The molecular weight excluding hydrogens is 272 g/mol. The molecule has 0 aliphatic rings. The molecular formula is C15H14N2O4. The zero-order chi connectivity index (χ0) is 15.2. The standard InChI is InChI=1S/C15H14N2O4/c18-15(19)12-7-4-8-13(17(20)21)14(12)16-10-9-11-5-2-1-3-6-11/h1-8,16H,9-10H2,(H,18,19). The number of benzene rings is 2. The molecule has 0 atom stereocenters. The Morgan fingerprint density at radius 3 is 2.48 bits per heavy atom. The highest BCUT2D eigenvalue weighted by molar-refractivity contribution is 5.96. The van der Waals surface area contributed by atoms with Gasteiger partial charge < -0.3 is 10.4 Å². The fourth-order valence-electron chi connectivity index (χ4n) is 2.03. The van der Waals surface area contributed by atoms with Gasteiger partial charge in [0.1, 0.15) is 5.69 Å². The summed E-state index contributed by atoms with van der Waals surface area (Å²) in [6.45, 7) is 0.412. The van der Waals surface area contributed by atoms with Crippen LogP contribution in [0.25, 0.3) is 0 Å². The van der Waals surface area contributed by atoms with Crippen LogP contribution in [0.5, 0.6) is 0 Å². The summed E-state index contributed by atoms with van der Waals surface area (Å²) in [5.74, 6) is -1.19. The first-order valence-electron chi connectivity index (χ1n) is 6.38. The van der Waals surface area contributed by atoms with Crippen LogP contribution in [0.4, 0.5) is 11.4 Å². The van der Waals surface area contributed by atoms with Crippen molar-refractivity contribution >= 4 is 17.3 Å². The van der Waals surface area contributed by atoms with Gasteiger partial charge in [-0.05, 0) is 18.1 Å². The summed E-state index contributed by atoms with van der Waals surface area (Å²) in [6.07, 6.45) is 0.645. The van der Waals surface area contributed by atoms with Crippen molar-refractivity contribution in [1.29, 1.82) is 0 Å². The van der Waals surface area contributed by atoms with Crippen LogP contribution in [0.3, 0.4) is 0 Å². The summed E-state index contributed by atoms with van der Waals surface area (Å²) >= 11 is 0. The van der Waals surface area contributed by atoms with E-state index in [2.05, 4.69) is 5.32 Å². The summed E-state index contributed by atoms with van der Waals surface area (Å²) in [5, 5.41) is 23.0. The van der Waals surface area contributed by atoms with Gasteiger partial charge in [0.05, 0.1) is 10.5 Å². The van der Waals surface area contributed by atoms with Crippen molar-refractivity contribution in [2.45, 2.75) is 6.42 Å². The van der Waals surface area contributed by atoms with Crippen molar-refractivity contribution in [3.63, 3.8) is 0 Å². The smallest absolute Gasteiger partial charge is 0.338 e. The fourth-order valence-corrected chi connectivity index (χ4v) is 2.03. The summed E-state index contributed by atoms with van der Waals surface area (Å²) < 4.78 is 0. The van der Waals surface area contributed by atoms with E-state index < -0.39 is 10.9 Å². The number of para-hydroxylation sites is 1. The SMILES string of the molecule is O=C(O)c1cccc([N+](=O)[O-])c1NCCc1ccccc1. The minimum atomic E-state index is -1.19. The number of aromatic carboxylic acids is 1. The maximum absolute atomic E-state index is 11.2. The Balaban J connectivity index is 2.18. The monoisotopic (exact) mass is 286 g/mol. The number of carboxylic acid groups (broad SMARTS) is 1. The topological polar surface area (TPSA) is 92.5 Å². The lowest BCUT2D eigenvalue weighted by molar-refractivity contribution is -0.384. The van der Waals surface area contributed by atoms with E-state index in [4.69, 9.17) is 5.11 Å². The first-order valence-corrected chi connectivity index (χ1v) is 6.38. The number of carbonyl (C=O) groups is 1. The number of nitro groups is 1. The highest BCUT2D eigenvalue weighted by Crippen LogP contribution is 2.28. The largest absolute Gasteiger partial charge is 0.478 e. The molecule has 6 nitrogen and oxygen atoms in total. The number of carboxylic acids is 1. The molecule has 2 rings (SSSR count). The highest BCUT2D eigenvalue weighted by Gasteiger charge is 2.20. The molecule has 0 heterocycles. The quantitative estimate of drug-likeness (QED) is 0.629. The predicted octanol–water partition coefficient (Wildman–Crippen LogP) is 2.95. The first-order chi connectivity index (χ1) is 10.1. The third-order valence-corrected chi connectivity index (χ3v) is 3.03. The Morgan fingerprint density at radius 2 is 1.86 bits per heavy atom. The van der Waals surface area contributed by atoms with Gasteiger partial charge in [-0.25, -0.2) is 4.79 Å². The van der Waals surface area contributed by atoms with Gasteiger partial charge in [0.15, 0.2) is 0 Å². The van der Waals surface area contributed by atoms with Crippen LogP contribution in [0, 0.1) is 10.1 Å². The van der Waals surface area contributed by atoms with Crippen molar-refractivity contribution in [2.24, 2.45) is 0 Å². The third-order valence-electron chi connectivity index (χ3n) is 3.03. The lowest BCUT2D eigenvalue weighted by Gasteiger charge is -2.10. The number of nitro benzene ring substituents is 1. The predicted molar refractivity (Wildman–Crippen MR) is 78.7 cm³/mol. The maximum Gasteiger partial charge on any atom is 0.338 e. The van der Waals surface area contributed by atoms with Gasteiger partial charge in [-0.2, -0.15) is 0 Å². The second-order valence-corrected chi connectivity index (χ2v) is 4.42. The summed E-state index contributed by atoms with van der Waals surface area (Å²) in [7, 11) is 0. The molecule has 0 fully saturated rings. The van der Waals surface area contributed by atoms with E-state index >= 15 is 0 Å². The van der Waals surface area contributed by atoms with Crippen molar-refractivity contribution in [3.05, 3.63) is 69.8 Å². The first kappa shape index (κ1) is 14.5. The van der Waals surface area contributed by atoms with E-state index in [1.807, 2.05) is 30.3 Å². The van der Waals surface area contributed by atoms with Crippen LogP contribution >= 0.6 is 0 Å². The Morgan fingerprint density at radius 1 is 1.14 bits per heavy atom. The zero-order valence-electron chi connectivity index (χ0n) is 11.2. The molecule has 0 aromatic heterocycles. The van der Waals surface area contributed by atoms with E-state index in [1.54, 1.807) is 0 Å². The highest BCUT2D eigenvalue weighted by atomic mass is 16.6. The maximum atomic E-state index is 11.2. The van der Waals surface area contributed by atoms with Crippen LogP contribution in [-0.2, 0) is 6.42 Å². The molecule has 6 heteroatoms. The molecule has 0 amide bonds. The van der Waals surface area contributed by atoms with Crippen LogP contribution in [0.15, 0.2) is 48.5 Å². The number of nitrogens with zero attached hydrogens (tertiary/aromatic N) is 1. The van der Waals surface area contributed by atoms with Crippen molar-refractivity contribution < 1.29 is 14.8 Å². The van der Waals surface area contributed by atoms with Gasteiger partial charge in [0.25, 0.3) is 5.69 Å². The van der Waals surface area contributed by atoms with Crippen LogP contribution in [-0.4, -0.2) is 22.5 Å². The lowest BCUT2D eigenvalue weighted by Crippen LogP contribution is -2.11. The van der Waals surface area contributed by atoms with Crippen LogP contribution in [0.1, 0.15) is 15.9 Å². The Labute approximate surface area is 121 Å². The van der Waals surface area contributed by atoms with Crippen molar-refractivity contribution in [1.82, 2.24) is 0 Å². The Hall–Kier alpha value is -2.89. The molecule has 0 spiro atoms. The van der Waals surface area contributed by atoms with Gasteiger partial charge in [-0.3, -0.25) is 10.1 Å². The normalized spacial score (nSPS) is 10.1. The minimum absolute atomic E-state index is 0.0472. The van der Waals surface area contributed by atoms with Gasteiger partial charge in [0, 0.05) is 12.6 Å². The average Bonchev–Trinajstić information content (AvgIpc) is 2.48. The summed E-state index contributed by atoms with van der Waals surface area (Å²) in [4.78, 5) is 21.6. The van der Waals surface area contributed by atoms with Gasteiger partial charge in [-0.15, -0.1) is 0 Å². The second-order valence-electron chi connectivity index (χ2n) is 4.42. The van der Waals surface area contributed by atoms with Crippen molar-refractivity contribution in [2.75, 3.05) is 11.9 Å². The van der Waals surface area contributed by atoms with E-state index in [1.165, 1.54) is 18.2 Å². The van der Waals surface area contributed by atoms with Crippen LogP contribution in [0.2, 0.25) is 0 Å². The number of nitrogens with one attached hydrogen (secondary N) is 1. The molecule has 108 valence electrons. The Bertz CT molecular complexity index is 624. The van der Waals surface area contributed by atoms with Crippen LogP contribution < -0.4 is 5.32 Å². The molecule has 0 radical (unpaired) electrons. The molecule has 0 aliphatic carbocycles.